The summed E-state index contributed by atoms with van der Waals surface area (Å²) in [6.45, 7) is 3.25. The summed E-state index contributed by atoms with van der Waals surface area (Å²) in [6.07, 6.45) is 19.7. The van der Waals surface area contributed by atoms with Gasteiger partial charge in [-0.3, -0.25) is 4.99 Å². The Morgan fingerprint density at radius 3 is 1.21 bits per heavy atom. The van der Waals surface area contributed by atoms with Crippen LogP contribution >= 0.6 is 0 Å². The van der Waals surface area contributed by atoms with Gasteiger partial charge in [-0.25, -0.2) is 0 Å². The molecular weight excluding hydrogens is 294 g/mol. The van der Waals surface area contributed by atoms with Crippen LogP contribution in [-0.4, -0.2) is 50.5 Å². The highest BCUT2D eigenvalue weighted by atomic mass is 15.3. The van der Waals surface area contributed by atoms with Crippen molar-refractivity contribution in [3.8, 4) is 0 Å². The highest BCUT2D eigenvalue weighted by Crippen LogP contribution is 2.12. The Bertz CT molecular complexity index is 275. The number of guanidine groups is 1. The molecule has 0 N–H and O–H groups in total. The third kappa shape index (κ3) is 14.8. The average Bonchev–Trinajstić information content (AvgIpc) is 2.53. The van der Waals surface area contributed by atoms with Gasteiger partial charge in [-0.05, 0) is 6.42 Å². The summed E-state index contributed by atoms with van der Waals surface area (Å²) >= 11 is 0. The predicted molar refractivity (Wildman–Crippen MR) is 110 cm³/mol. The molecule has 0 rings (SSSR count). The Labute approximate surface area is 152 Å². The smallest absolute Gasteiger partial charge is 0.195 e. The first-order chi connectivity index (χ1) is 11.6. The van der Waals surface area contributed by atoms with E-state index in [9.17, 15) is 0 Å². The zero-order valence-corrected chi connectivity index (χ0v) is 17.4. The molecule has 0 aliphatic carbocycles. The quantitative estimate of drug-likeness (QED) is 0.209. The SMILES string of the molecule is CCCCCCCCCCCCCCCCN=C(N(C)C)N(C)C. The Kier molecular flexibility index (Phi) is 16.6. The van der Waals surface area contributed by atoms with Crippen molar-refractivity contribution >= 4 is 5.96 Å². The van der Waals surface area contributed by atoms with Gasteiger partial charge in [0.25, 0.3) is 0 Å². The molecule has 0 aromatic heterocycles. The first-order valence-corrected chi connectivity index (χ1v) is 10.5. The third-order valence-electron chi connectivity index (χ3n) is 4.56. The number of unbranched alkanes of at least 4 members (excludes halogenated alkanes) is 13. The lowest BCUT2D eigenvalue weighted by Crippen LogP contribution is -2.35. The van der Waals surface area contributed by atoms with Gasteiger partial charge in [-0.2, -0.15) is 0 Å². The summed E-state index contributed by atoms with van der Waals surface area (Å²) in [5.74, 6) is 1.07. The van der Waals surface area contributed by atoms with Crippen LogP contribution in [0.2, 0.25) is 0 Å². The molecule has 0 aromatic carbocycles. The van der Waals surface area contributed by atoms with Crippen LogP contribution in [0.1, 0.15) is 96.8 Å². The van der Waals surface area contributed by atoms with E-state index in [-0.39, 0.29) is 0 Å². The van der Waals surface area contributed by atoms with Gasteiger partial charge in [0.1, 0.15) is 0 Å². The van der Waals surface area contributed by atoms with Gasteiger partial charge in [0.05, 0.1) is 0 Å². The Morgan fingerprint density at radius 2 is 0.875 bits per heavy atom. The molecule has 0 bridgehead atoms. The molecule has 0 atom stereocenters. The highest BCUT2D eigenvalue weighted by Gasteiger charge is 2.02. The maximum absolute atomic E-state index is 4.69. The molecule has 3 heteroatoms. The highest BCUT2D eigenvalue weighted by molar-refractivity contribution is 5.79. The minimum Gasteiger partial charge on any atom is -0.349 e. The minimum atomic E-state index is 0.962. The largest absolute Gasteiger partial charge is 0.349 e. The molecule has 3 nitrogen and oxygen atoms in total. The molecule has 0 saturated heterocycles. The van der Waals surface area contributed by atoms with E-state index in [1.807, 2.05) is 0 Å². The number of aliphatic imine (C=N–C) groups is 1. The fourth-order valence-corrected chi connectivity index (χ4v) is 3.17. The molecule has 0 aromatic rings. The van der Waals surface area contributed by atoms with Gasteiger partial charge in [0, 0.05) is 34.7 Å². The fraction of sp³-hybridized carbons (Fsp3) is 0.952. The van der Waals surface area contributed by atoms with E-state index in [1.54, 1.807) is 0 Å². The van der Waals surface area contributed by atoms with Gasteiger partial charge in [-0.15, -0.1) is 0 Å². The standard InChI is InChI=1S/C21H45N3/c1-6-7-8-9-10-11-12-13-14-15-16-17-18-19-20-22-21(23(2)3)24(4)5/h6-20H2,1-5H3. The molecule has 0 heterocycles. The van der Waals surface area contributed by atoms with Crippen LogP contribution in [0.3, 0.4) is 0 Å². The number of hydrogen-bond donors (Lipinski definition) is 0. The summed E-state index contributed by atoms with van der Waals surface area (Å²) < 4.78 is 0. The summed E-state index contributed by atoms with van der Waals surface area (Å²) in [4.78, 5) is 8.86. The van der Waals surface area contributed by atoms with Crippen LogP contribution in [0.4, 0.5) is 0 Å². The van der Waals surface area contributed by atoms with E-state index < -0.39 is 0 Å². The molecule has 0 radical (unpaired) electrons. The maximum Gasteiger partial charge on any atom is 0.195 e. The number of hydrogen-bond acceptors (Lipinski definition) is 1. The second kappa shape index (κ2) is 17.1. The second-order valence-corrected chi connectivity index (χ2v) is 7.57. The van der Waals surface area contributed by atoms with Gasteiger partial charge >= 0.3 is 0 Å². The molecule has 144 valence electrons. The van der Waals surface area contributed by atoms with Crippen molar-refractivity contribution < 1.29 is 0 Å². The fourth-order valence-electron chi connectivity index (χ4n) is 3.17. The monoisotopic (exact) mass is 339 g/mol. The van der Waals surface area contributed by atoms with Crippen molar-refractivity contribution in [3.63, 3.8) is 0 Å². The lowest BCUT2D eigenvalue weighted by molar-refractivity contribution is 0.477. The summed E-state index contributed by atoms with van der Waals surface area (Å²) in [7, 11) is 8.24. The predicted octanol–water partition coefficient (Wildman–Crippen LogP) is 5.95. The topological polar surface area (TPSA) is 18.8 Å². The van der Waals surface area contributed by atoms with Crippen LogP contribution in [0.25, 0.3) is 0 Å². The van der Waals surface area contributed by atoms with Crippen molar-refractivity contribution in [2.24, 2.45) is 4.99 Å². The summed E-state index contributed by atoms with van der Waals surface area (Å²) in [5, 5.41) is 0. The molecule has 0 aliphatic rings. The van der Waals surface area contributed by atoms with Gasteiger partial charge < -0.3 is 9.80 Å². The Hall–Kier alpha value is -0.730. The van der Waals surface area contributed by atoms with E-state index in [1.165, 1.54) is 89.9 Å². The molecule has 0 saturated carbocycles. The number of nitrogens with zero attached hydrogens (tertiary/aromatic N) is 3. The molecule has 0 fully saturated rings. The lowest BCUT2D eigenvalue weighted by Gasteiger charge is -2.22. The normalized spacial score (nSPS) is 10.7. The van der Waals surface area contributed by atoms with E-state index in [0.29, 0.717) is 0 Å². The zero-order valence-electron chi connectivity index (χ0n) is 17.4. The molecule has 24 heavy (non-hydrogen) atoms. The zero-order chi connectivity index (χ0) is 18.0. The van der Waals surface area contributed by atoms with Crippen molar-refractivity contribution in [1.29, 1.82) is 0 Å². The average molecular weight is 340 g/mol. The lowest BCUT2D eigenvalue weighted by atomic mass is 10.0. The van der Waals surface area contributed by atoms with E-state index >= 15 is 0 Å². The van der Waals surface area contributed by atoms with Gasteiger partial charge in [-0.1, -0.05) is 90.4 Å². The molecule has 0 spiro atoms. The van der Waals surface area contributed by atoms with Gasteiger partial charge in [0.2, 0.25) is 0 Å². The van der Waals surface area contributed by atoms with E-state index in [2.05, 4.69) is 49.9 Å². The van der Waals surface area contributed by atoms with Crippen molar-refractivity contribution in [2.45, 2.75) is 96.8 Å². The Balaban J connectivity index is 3.30. The Morgan fingerprint density at radius 1 is 0.542 bits per heavy atom. The summed E-state index contributed by atoms with van der Waals surface area (Å²) in [5.41, 5.74) is 0. The van der Waals surface area contributed by atoms with Gasteiger partial charge in [0.15, 0.2) is 5.96 Å². The first-order valence-electron chi connectivity index (χ1n) is 10.5. The van der Waals surface area contributed by atoms with Crippen LogP contribution in [0.15, 0.2) is 4.99 Å². The van der Waals surface area contributed by atoms with Crippen molar-refractivity contribution in [2.75, 3.05) is 34.7 Å². The number of rotatable bonds is 15. The maximum atomic E-state index is 4.69. The molecule has 0 unspecified atom stereocenters. The van der Waals surface area contributed by atoms with E-state index in [4.69, 9.17) is 0 Å². The molecular formula is C21H45N3. The first kappa shape index (κ1) is 23.3. The van der Waals surface area contributed by atoms with Crippen LogP contribution in [0, 0.1) is 0 Å². The van der Waals surface area contributed by atoms with E-state index in [0.717, 1.165) is 12.5 Å². The third-order valence-corrected chi connectivity index (χ3v) is 4.56. The molecule has 0 aliphatic heterocycles. The summed E-state index contributed by atoms with van der Waals surface area (Å²) in [6, 6.07) is 0. The minimum absolute atomic E-state index is 0.962. The van der Waals surface area contributed by atoms with Crippen LogP contribution < -0.4 is 0 Å². The van der Waals surface area contributed by atoms with Crippen LogP contribution in [0.5, 0.6) is 0 Å². The second-order valence-electron chi connectivity index (χ2n) is 7.57. The van der Waals surface area contributed by atoms with Crippen LogP contribution in [-0.2, 0) is 0 Å². The van der Waals surface area contributed by atoms with Crippen molar-refractivity contribution in [3.05, 3.63) is 0 Å². The molecule has 0 amide bonds. The van der Waals surface area contributed by atoms with Crippen molar-refractivity contribution in [1.82, 2.24) is 9.80 Å².